The SMILES string of the molecule is O=C(c1cccc([N+](=O)[O-])c1)N(Cc1ccccc1F)N1C(=O)C2CCCCC2C1=O. The van der Waals surface area contributed by atoms with Crippen LogP contribution in [0.5, 0.6) is 0 Å². The average molecular weight is 425 g/mol. The van der Waals surface area contributed by atoms with E-state index in [1.54, 1.807) is 6.07 Å². The van der Waals surface area contributed by atoms with Crippen LogP contribution in [0.25, 0.3) is 0 Å². The van der Waals surface area contributed by atoms with Crippen molar-refractivity contribution in [1.29, 1.82) is 0 Å². The molecule has 1 saturated heterocycles. The number of fused-ring (bicyclic) bond motifs is 1. The summed E-state index contributed by atoms with van der Waals surface area (Å²) in [6, 6.07) is 10.8. The second kappa shape index (κ2) is 8.25. The lowest BCUT2D eigenvalue weighted by Gasteiger charge is -2.30. The van der Waals surface area contributed by atoms with Crippen LogP contribution in [0.3, 0.4) is 0 Å². The largest absolute Gasteiger partial charge is 0.273 e. The monoisotopic (exact) mass is 425 g/mol. The Morgan fingerprint density at radius 3 is 2.32 bits per heavy atom. The molecule has 0 bridgehead atoms. The van der Waals surface area contributed by atoms with E-state index in [1.165, 1.54) is 36.4 Å². The molecule has 2 atom stereocenters. The quantitative estimate of drug-likeness (QED) is 0.415. The Morgan fingerprint density at radius 2 is 1.71 bits per heavy atom. The highest BCUT2D eigenvalue weighted by Gasteiger charge is 2.51. The van der Waals surface area contributed by atoms with E-state index in [4.69, 9.17) is 0 Å². The van der Waals surface area contributed by atoms with Crippen LogP contribution in [-0.4, -0.2) is 32.7 Å². The number of halogens is 1. The number of imide groups is 1. The van der Waals surface area contributed by atoms with E-state index in [0.717, 1.165) is 28.9 Å². The number of amides is 3. The van der Waals surface area contributed by atoms with E-state index in [2.05, 4.69) is 0 Å². The maximum Gasteiger partial charge on any atom is 0.273 e. The van der Waals surface area contributed by atoms with Gasteiger partial charge in [0.2, 0.25) is 0 Å². The number of benzene rings is 2. The van der Waals surface area contributed by atoms with E-state index in [9.17, 15) is 28.9 Å². The molecular weight excluding hydrogens is 405 g/mol. The molecular formula is C22H20FN3O5. The Kier molecular flexibility index (Phi) is 5.50. The van der Waals surface area contributed by atoms with Gasteiger partial charge in [0.05, 0.1) is 23.3 Å². The fourth-order valence-corrected chi connectivity index (χ4v) is 4.31. The van der Waals surface area contributed by atoms with Gasteiger partial charge in [-0.15, -0.1) is 0 Å². The zero-order valence-electron chi connectivity index (χ0n) is 16.6. The third kappa shape index (κ3) is 3.78. The Labute approximate surface area is 177 Å². The van der Waals surface area contributed by atoms with Gasteiger partial charge in [-0.3, -0.25) is 24.5 Å². The van der Waals surface area contributed by atoms with Crippen molar-refractivity contribution in [3.63, 3.8) is 0 Å². The number of nitrogens with zero attached hydrogens (tertiary/aromatic N) is 3. The molecule has 2 fully saturated rings. The van der Waals surface area contributed by atoms with Gasteiger partial charge in [0.1, 0.15) is 5.82 Å². The summed E-state index contributed by atoms with van der Waals surface area (Å²) in [6.45, 7) is -0.356. The summed E-state index contributed by atoms with van der Waals surface area (Å²) in [7, 11) is 0. The molecule has 2 aliphatic rings. The summed E-state index contributed by atoms with van der Waals surface area (Å²) in [5.41, 5.74) is -0.248. The van der Waals surface area contributed by atoms with Crippen LogP contribution >= 0.6 is 0 Å². The second-order valence-corrected chi connectivity index (χ2v) is 7.75. The van der Waals surface area contributed by atoms with E-state index in [0.29, 0.717) is 12.8 Å². The number of hydrogen-bond acceptors (Lipinski definition) is 5. The van der Waals surface area contributed by atoms with Crippen LogP contribution in [0.15, 0.2) is 48.5 Å². The lowest BCUT2D eigenvalue weighted by Crippen LogP contribution is -2.50. The van der Waals surface area contributed by atoms with E-state index >= 15 is 0 Å². The minimum absolute atomic E-state index is 0.0685. The Balaban J connectivity index is 1.75. The minimum Gasteiger partial charge on any atom is -0.272 e. The maximum absolute atomic E-state index is 14.3. The lowest BCUT2D eigenvalue weighted by molar-refractivity contribution is -0.384. The Bertz CT molecular complexity index is 1050. The highest BCUT2D eigenvalue weighted by atomic mass is 19.1. The Hall–Kier alpha value is -3.62. The highest BCUT2D eigenvalue weighted by molar-refractivity contribution is 6.07. The van der Waals surface area contributed by atoms with Crippen LogP contribution in [0, 0.1) is 27.8 Å². The zero-order chi connectivity index (χ0) is 22.1. The number of nitro benzene ring substituents is 1. The third-order valence-electron chi connectivity index (χ3n) is 5.88. The molecule has 31 heavy (non-hydrogen) atoms. The molecule has 1 aliphatic heterocycles. The average Bonchev–Trinajstić information content (AvgIpc) is 3.03. The highest BCUT2D eigenvalue weighted by Crippen LogP contribution is 2.39. The number of rotatable bonds is 5. The van der Waals surface area contributed by atoms with Gasteiger partial charge in [0.15, 0.2) is 0 Å². The predicted molar refractivity (Wildman–Crippen MR) is 107 cm³/mol. The summed E-state index contributed by atoms with van der Waals surface area (Å²) in [6.07, 6.45) is 2.76. The van der Waals surface area contributed by atoms with Crippen LogP contribution in [0.1, 0.15) is 41.6 Å². The van der Waals surface area contributed by atoms with Crippen molar-refractivity contribution in [2.75, 3.05) is 0 Å². The van der Waals surface area contributed by atoms with Crippen LogP contribution < -0.4 is 0 Å². The molecule has 1 saturated carbocycles. The fraction of sp³-hybridized carbons (Fsp3) is 0.318. The van der Waals surface area contributed by atoms with Gasteiger partial charge in [0.25, 0.3) is 23.4 Å². The normalized spacial score (nSPS) is 20.5. The van der Waals surface area contributed by atoms with Crippen molar-refractivity contribution < 1.29 is 23.7 Å². The third-order valence-corrected chi connectivity index (χ3v) is 5.88. The van der Waals surface area contributed by atoms with Crippen LogP contribution in [0.4, 0.5) is 10.1 Å². The molecule has 2 aromatic carbocycles. The zero-order valence-corrected chi connectivity index (χ0v) is 16.6. The van der Waals surface area contributed by atoms with Crippen molar-refractivity contribution >= 4 is 23.4 Å². The maximum atomic E-state index is 14.3. The first-order valence-electron chi connectivity index (χ1n) is 10.1. The molecule has 3 amide bonds. The van der Waals surface area contributed by atoms with Gasteiger partial charge in [-0.2, -0.15) is 5.01 Å². The second-order valence-electron chi connectivity index (χ2n) is 7.75. The molecule has 1 heterocycles. The van der Waals surface area contributed by atoms with E-state index in [1.807, 2.05) is 0 Å². The van der Waals surface area contributed by atoms with Gasteiger partial charge >= 0.3 is 0 Å². The standard InChI is InChI=1S/C22H20FN3O5/c23-19-11-4-1-6-15(19)13-24(20(27)14-7-5-8-16(12-14)26(30)31)25-21(28)17-9-2-3-10-18(17)22(25)29/h1,4-8,11-12,17-18H,2-3,9-10,13H2. The molecule has 8 nitrogen and oxygen atoms in total. The number of carbonyl (C=O) groups excluding carboxylic acids is 3. The molecule has 160 valence electrons. The van der Waals surface area contributed by atoms with Crippen molar-refractivity contribution in [2.24, 2.45) is 11.8 Å². The molecule has 0 N–H and O–H groups in total. The van der Waals surface area contributed by atoms with Gasteiger partial charge in [-0.1, -0.05) is 37.1 Å². The molecule has 4 rings (SSSR count). The predicted octanol–water partition coefficient (Wildman–Crippen LogP) is 3.47. The lowest BCUT2D eigenvalue weighted by atomic mass is 9.81. The number of hydrazine groups is 1. The summed E-state index contributed by atoms with van der Waals surface area (Å²) >= 11 is 0. The summed E-state index contributed by atoms with van der Waals surface area (Å²) in [5, 5.41) is 12.9. The number of carbonyl (C=O) groups is 3. The van der Waals surface area contributed by atoms with Crippen molar-refractivity contribution in [1.82, 2.24) is 10.0 Å². The van der Waals surface area contributed by atoms with Gasteiger partial charge in [0, 0.05) is 23.3 Å². The smallest absolute Gasteiger partial charge is 0.272 e. The molecule has 0 spiro atoms. The molecule has 9 heteroatoms. The van der Waals surface area contributed by atoms with E-state index in [-0.39, 0.29) is 23.4 Å². The fourth-order valence-electron chi connectivity index (χ4n) is 4.31. The van der Waals surface area contributed by atoms with Gasteiger partial charge < -0.3 is 0 Å². The first kappa shape index (κ1) is 20.6. The molecule has 0 radical (unpaired) electrons. The Morgan fingerprint density at radius 1 is 1.06 bits per heavy atom. The van der Waals surface area contributed by atoms with Crippen molar-refractivity contribution in [2.45, 2.75) is 32.2 Å². The molecule has 2 unspecified atom stereocenters. The summed E-state index contributed by atoms with van der Waals surface area (Å²) in [5.74, 6) is -3.33. The van der Waals surface area contributed by atoms with Crippen molar-refractivity contribution in [3.8, 4) is 0 Å². The summed E-state index contributed by atoms with van der Waals surface area (Å²) in [4.78, 5) is 50.0. The summed E-state index contributed by atoms with van der Waals surface area (Å²) < 4.78 is 14.3. The van der Waals surface area contributed by atoms with Crippen LogP contribution in [-0.2, 0) is 16.1 Å². The molecule has 1 aliphatic carbocycles. The van der Waals surface area contributed by atoms with Gasteiger partial charge in [-0.25, -0.2) is 9.40 Å². The molecule has 2 aromatic rings. The van der Waals surface area contributed by atoms with E-state index < -0.39 is 40.3 Å². The number of nitro groups is 1. The first-order chi connectivity index (χ1) is 14.9. The van der Waals surface area contributed by atoms with Crippen molar-refractivity contribution in [3.05, 3.63) is 75.6 Å². The number of hydrogen-bond donors (Lipinski definition) is 0. The van der Waals surface area contributed by atoms with Crippen LogP contribution in [0.2, 0.25) is 0 Å². The molecule has 0 aromatic heterocycles. The minimum atomic E-state index is -0.785. The number of non-ortho nitro benzene ring substituents is 1. The first-order valence-corrected chi connectivity index (χ1v) is 10.1. The van der Waals surface area contributed by atoms with Gasteiger partial charge in [-0.05, 0) is 25.0 Å². The topological polar surface area (TPSA) is 101 Å².